The van der Waals surface area contributed by atoms with Gasteiger partial charge in [0.1, 0.15) is 11.5 Å². The van der Waals surface area contributed by atoms with Crippen molar-refractivity contribution in [3.63, 3.8) is 0 Å². The quantitative estimate of drug-likeness (QED) is 0.442. The summed E-state index contributed by atoms with van der Waals surface area (Å²) >= 11 is 3.36. The Kier molecular flexibility index (Phi) is 7.05. The largest absolute Gasteiger partial charge is 0.496 e. The fourth-order valence-electron chi connectivity index (χ4n) is 3.86. The maximum absolute atomic E-state index is 12.1. The lowest BCUT2D eigenvalue weighted by molar-refractivity contribution is -0.123. The van der Waals surface area contributed by atoms with Crippen LogP contribution < -0.4 is 19.8 Å². The normalized spacial score (nSPS) is 14.8. The molecule has 164 valence electrons. The summed E-state index contributed by atoms with van der Waals surface area (Å²) in [5.74, 6) is 0.974. The molecule has 0 radical (unpaired) electrons. The fourth-order valence-corrected chi connectivity index (χ4v) is 4.13. The zero-order valence-electron chi connectivity index (χ0n) is 18.5. The van der Waals surface area contributed by atoms with Crippen LogP contribution in [0.4, 0.5) is 5.69 Å². The number of allylic oxidation sites excluding steroid dienone is 1. The minimum absolute atomic E-state index is 0.0741. The van der Waals surface area contributed by atoms with Crippen LogP contribution in [0.15, 0.2) is 52.0 Å². The van der Waals surface area contributed by atoms with Crippen LogP contribution in [0.5, 0.6) is 11.5 Å². The molecule has 6 nitrogen and oxygen atoms in total. The number of fused-ring (bicyclic) bond motifs is 1. The molecule has 0 bridgehead atoms. The third-order valence-corrected chi connectivity index (χ3v) is 5.75. The predicted octanol–water partition coefficient (Wildman–Crippen LogP) is 5.01. The van der Waals surface area contributed by atoms with E-state index < -0.39 is 0 Å². The molecule has 0 aliphatic carbocycles. The number of rotatable bonds is 7. The molecule has 0 fully saturated rings. The lowest BCUT2D eigenvalue weighted by atomic mass is 9.88. The monoisotopic (exact) mass is 485 g/mol. The van der Waals surface area contributed by atoms with Crippen LogP contribution >= 0.6 is 15.9 Å². The number of nitrogens with one attached hydrogen (secondary N) is 1. The molecule has 2 aromatic rings. The lowest BCUT2D eigenvalue weighted by Crippen LogP contribution is -2.44. The molecule has 0 saturated carbocycles. The first-order valence-corrected chi connectivity index (χ1v) is 10.9. The molecule has 31 heavy (non-hydrogen) atoms. The molecular formula is C24H28BrN3O3. The number of hydrazone groups is 1. The molecule has 1 N–H and O–H groups in total. The lowest BCUT2D eigenvalue weighted by Gasteiger charge is -2.43. The van der Waals surface area contributed by atoms with Crippen molar-refractivity contribution in [3.8, 4) is 11.5 Å². The van der Waals surface area contributed by atoms with Gasteiger partial charge in [-0.25, -0.2) is 5.43 Å². The van der Waals surface area contributed by atoms with Crippen molar-refractivity contribution >= 4 is 39.3 Å². The third-order valence-electron chi connectivity index (χ3n) is 5.22. The average Bonchev–Trinajstić information content (AvgIpc) is 2.73. The first-order valence-electron chi connectivity index (χ1n) is 10.1. The Bertz CT molecular complexity index is 1010. The Morgan fingerprint density at radius 1 is 1.26 bits per heavy atom. The van der Waals surface area contributed by atoms with E-state index in [0.29, 0.717) is 11.5 Å². The van der Waals surface area contributed by atoms with Crippen LogP contribution in [-0.4, -0.2) is 37.9 Å². The second-order valence-electron chi connectivity index (χ2n) is 7.87. The summed E-state index contributed by atoms with van der Waals surface area (Å²) in [4.78, 5) is 14.4. The summed E-state index contributed by atoms with van der Waals surface area (Å²) in [7, 11) is 1.64. The average molecular weight is 486 g/mol. The number of ether oxygens (including phenoxy) is 2. The second-order valence-corrected chi connectivity index (χ2v) is 8.79. The van der Waals surface area contributed by atoms with E-state index in [4.69, 9.17) is 9.47 Å². The van der Waals surface area contributed by atoms with Crippen molar-refractivity contribution in [2.24, 2.45) is 5.10 Å². The van der Waals surface area contributed by atoms with Crippen molar-refractivity contribution in [2.45, 2.75) is 33.2 Å². The number of benzene rings is 2. The number of halogens is 1. The van der Waals surface area contributed by atoms with Crippen LogP contribution in [0.2, 0.25) is 0 Å². The number of likely N-dealkylation sites (N-methyl/N-ethyl adjacent to an activating group) is 1. The SMILES string of the molecule is CCN1c2cc(OC)c(/C=N\NC(=O)COc3ccc(Br)cc3)cc2C(C)=CC1(C)C. The number of nitrogens with zero attached hydrogens (tertiary/aromatic N) is 2. The summed E-state index contributed by atoms with van der Waals surface area (Å²) in [5.41, 5.74) is 6.69. The van der Waals surface area contributed by atoms with Crippen molar-refractivity contribution in [2.75, 3.05) is 25.2 Å². The molecule has 1 aliphatic heterocycles. The van der Waals surface area contributed by atoms with Crippen LogP contribution in [0.3, 0.4) is 0 Å². The standard InChI is InChI=1S/C24H28BrN3O3/c1-6-28-21-12-22(30-5)17(11-20(21)16(2)13-24(28,3)4)14-26-27-23(29)15-31-19-9-7-18(25)8-10-19/h7-14H,6,15H2,1-5H3,(H,27,29)/b26-14-. The highest BCUT2D eigenvalue weighted by Gasteiger charge is 2.31. The van der Waals surface area contributed by atoms with Crippen molar-refractivity contribution < 1.29 is 14.3 Å². The van der Waals surface area contributed by atoms with Gasteiger partial charge in [-0.3, -0.25) is 4.79 Å². The maximum atomic E-state index is 12.1. The smallest absolute Gasteiger partial charge is 0.277 e. The van der Waals surface area contributed by atoms with Crippen LogP contribution in [0, 0.1) is 0 Å². The van der Waals surface area contributed by atoms with Crippen LogP contribution in [-0.2, 0) is 4.79 Å². The highest BCUT2D eigenvalue weighted by molar-refractivity contribution is 9.10. The molecule has 0 spiro atoms. The molecule has 1 heterocycles. The highest BCUT2D eigenvalue weighted by atomic mass is 79.9. The van der Waals surface area contributed by atoms with Gasteiger partial charge in [0, 0.05) is 33.9 Å². The Labute approximate surface area is 192 Å². The van der Waals surface area contributed by atoms with Gasteiger partial charge < -0.3 is 14.4 Å². The number of carbonyl (C=O) groups excluding carboxylic acids is 1. The van der Waals surface area contributed by atoms with Gasteiger partial charge in [0.2, 0.25) is 0 Å². The van der Waals surface area contributed by atoms with Gasteiger partial charge in [-0.15, -0.1) is 0 Å². The molecule has 0 unspecified atom stereocenters. The number of amides is 1. The highest BCUT2D eigenvalue weighted by Crippen LogP contribution is 2.41. The van der Waals surface area contributed by atoms with E-state index in [1.54, 1.807) is 25.5 Å². The van der Waals surface area contributed by atoms with Gasteiger partial charge in [-0.1, -0.05) is 22.0 Å². The fraction of sp³-hybridized carbons (Fsp3) is 0.333. The molecule has 1 aliphatic rings. The molecule has 7 heteroatoms. The second kappa shape index (κ2) is 9.56. The Morgan fingerprint density at radius 2 is 1.97 bits per heavy atom. The van der Waals surface area contributed by atoms with E-state index in [0.717, 1.165) is 27.8 Å². The number of anilines is 1. The van der Waals surface area contributed by atoms with Gasteiger partial charge in [-0.05, 0) is 63.6 Å². The van der Waals surface area contributed by atoms with Gasteiger partial charge in [0.25, 0.3) is 5.91 Å². The van der Waals surface area contributed by atoms with Gasteiger partial charge >= 0.3 is 0 Å². The first kappa shape index (κ1) is 22.9. The third kappa shape index (κ3) is 5.28. The summed E-state index contributed by atoms with van der Waals surface area (Å²) in [6.45, 7) is 9.43. The molecular weight excluding hydrogens is 458 g/mol. The zero-order chi connectivity index (χ0) is 22.6. The molecule has 0 atom stereocenters. The first-order chi connectivity index (χ1) is 14.7. The molecule has 3 rings (SSSR count). The van der Waals surface area contributed by atoms with E-state index in [1.165, 1.54) is 5.57 Å². The number of hydrogen-bond acceptors (Lipinski definition) is 5. The van der Waals surface area contributed by atoms with Gasteiger partial charge in [0.15, 0.2) is 6.61 Å². The molecule has 1 amide bonds. The van der Waals surface area contributed by atoms with E-state index in [-0.39, 0.29) is 18.1 Å². The Hall–Kier alpha value is -2.80. The van der Waals surface area contributed by atoms with Crippen molar-refractivity contribution in [3.05, 3.63) is 58.1 Å². The summed E-state index contributed by atoms with van der Waals surface area (Å²) in [5, 5.41) is 4.09. The van der Waals surface area contributed by atoms with Crippen molar-refractivity contribution in [1.29, 1.82) is 0 Å². The van der Waals surface area contributed by atoms with Gasteiger partial charge in [0.05, 0.1) is 18.9 Å². The number of carbonyl (C=O) groups is 1. The zero-order valence-corrected chi connectivity index (χ0v) is 20.1. The Balaban J connectivity index is 1.72. The van der Waals surface area contributed by atoms with Gasteiger partial charge in [-0.2, -0.15) is 5.10 Å². The predicted molar refractivity (Wildman–Crippen MR) is 129 cm³/mol. The maximum Gasteiger partial charge on any atom is 0.277 e. The van der Waals surface area contributed by atoms with Crippen LogP contribution in [0.1, 0.15) is 38.8 Å². The van der Waals surface area contributed by atoms with Crippen LogP contribution in [0.25, 0.3) is 5.57 Å². The van der Waals surface area contributed by atoms with E-state index in [1.807, 2.05) is 24.3 Å². The summed E-state index contributed by atoms with van der Waals surface area (Å²) in [6.07, 6.45) is 3.87. The summed E-state index contributed by atoms with van der Waals surface area (Å²) in [6, 6.07) is 11.4. The summed E-state index contributed by atoms with van der Waals surface area (Å²) < 4.78 is 12.0. The van der Waals surface area contributed by atoms with E-state index >= 15 is 0 Å². The topological polar surface area (TPSA) is 63.2 Å². The molecule has 0 aromatic heterocycles. The number of hydrogen-bond donors (Lipinski definition) is 1. The Morgan fingerprint density at radius 3 is 2.61 bits per heavy atom. The molecule has 0 saturated heterocycles. The van der Waals surface area contributed by atoms with Crippen molar-refractivity contribution in [1.82, 2.24) is 5.43 Å². The molecule has 2 aromatic carbocycles. The minimum atomic E-state index is -0.342. The van der Waals surface area contributed by atoms with E-state index in [9.17, 15) is 4.79 Å². The van der Waals surface area contributed by atoms with E-state index in [2.05, 4.69) is 65.1 Å². The minimum Gasteiger partial charge on any atom is -0.496 e. The number of methoxy groups -OCH3 is 1.